The minimum absolute atomic E-state index is 0.104. The Morgan fingerprint density at radius 2 is 1.96 bits per heavy atom. The third kappa shape index (κ3) is 3.26. The van der Waals surface area contributed by atoms with E-state index >= 15 is 0 Å². The van der Waals surface area contributed by atoms with Gasteiger partial charge in [0.05, 0.1) is 23.6 Å². The molecule has 0 radical (unpaired) electrons. The van der Waals surface area contributed by atoms with Gasteiger partial charge in [0.2, 0.25) is 0 Å². The van der Waals surface area contributed by atoms with E-state index in [4.69, 9.17) is 4.74 Å². The van der Waals surface area contributed by atoms with E-state index in [0.717, 1.165) is 28.6 Å². The largest absolute Gasteiger partial charge is 0.496 e. The summed E-state index contributed by atoms with van der Waals surface area (Å²) in [7, 11) is 3.67. The molecule has 0 aliphatic carbocycles. The number of fused-ring (bicyclic) bond motifs is 1. The number of amides is 2. The summed E-state index contributed by atoms with van der Waals surface area (Å²) in [4.78, 5) is 28.8. The van der Waals surface area contributed by atoms with Crippen LogP contribution < -0.4 is 9.64 Å². The molecule has 0 aromatic heterocycles. The molecule has 1 atom stereocenters. The lowest BCUT2D eigenvalue weighted by Crippen LogP contribution is -2.42. The number of likely N-dealkylation sites (N-methyl/N-ethyl adjacent to an activating group) is 1. The van der Waals surface area contributed by atoms with Crippen LogP contribution in [0.25, 0.3) is 11.6 Å². The summed E-state index contributed by atoms with van der Waals surface area (Å²) >= 11 is 0.948. The van der Waals surface area contributed by atoms with Crippen molar-refractivity contribution in [1.29, 1.82) is 0 Å². The van der Waals surface area contributed by atoms with Crippen molar-refractivity contribution in [2.75, 3.05) is 19.1 Å². The molecule has 2 aliphatic heterocycles. The second-order valence-corrected chi connectivity index (χ2v) is 8.67. The molecular formula is C22H26N2O3S. The van der Waals surface area contributed by atoms with Gasteiger partial charge in [0.15, 0.2) is 0 Å². The number of nitrogens with zero attached hydrogens (tertiary/aromatic N) is 2. The number of carbonyl (C=O) groups is 2. The first kappa shape index (κ1) is 20.3. The average Bonchev–Trinajstić information content (AvgIpc) is 2.92. The lowest BCUT2D eigenvalue weighted by atomic mass is 9.88. The molecule has 148 valence electrons. The van der Waals surface area contributed by atoms with Gasteiger partial charge in [0.1, 0.15) is 5.75 Å². The second-order valence-electron chi connectivity index (χ2n) is 7.68. The fourth-order valence-corrected chi connectivity index (χ4v) is 4.47. The zero-order chi connectivity index (χ0) is 20.8. The minimum Gasteiger partial charge on any atom is -0.496 e. The van der Waals surface area contributed by atoms with Gasteiger partial charge in [-0.2, -0.15) is 0 Å². The third-order valence-corrected chi connectivity index (χ3v) is 6.31. The van der Waals surface area contributed by atoms with Crippen LogP contribution in [-0.2, 0) is 4.79 Å². The van der Waals surface area contributed by atoms with Gasteiger partial charge in [-0.05, 0) is 57.2 Å². The fourth-order valence-electron chi connectivity index (χ4n) is 3.56. The number of imide groups is 1. The van der Waals surface area contributed by atoms with Crippen LogP contribution in [0.5, 0.6) is 5.75 Å². The van der Waals surface area contributed by atoms with E-state index in [2.05, 4.69) is 45.4 Å². The number of allylic oxidation sites excluding steroid dienone is 1. The molecular weight excluding hydrogens is 372 g/mol. The molecule has 1 aromatic rings. The Morgan fingerprint density at radius 3 is 2.57 bits per heavy atom. The van der Waals surface area contributed by atoms with Crippen molar-refractivity contribution in [1.82, 2.24) is 4.90 Å². The summed E-state index contributed by atoms with van der Waals surface area (Å²) in [5, 5.41) is -0.280. The number of methoxy groups -OCH3 is 1. The predicted molar refractivity (Wildman–Crippen MR) is 117 cm³/mol. The zero-order valence-electron chi connectivity index (χ0n) is 17.2. The van der Waals surface area contributed by atoms with E-state index in [1.54, 1.807) is 26.2 Å². The minimum atomic E-state index is -0.343. The molecule has 5 nitrogen and oxygen atoms in total. The van der Waals surface area contributed by atoms with Crippen molar-refractivity contribution in [2.45, 2.75) is 39.3 Å². The number of ether oxygens (including phenoxy) is 1. The Morgan fingerprint density at radius 1 is 1.29 bits per heavy atom. The monoisotopic (exact) mass is 398 g/mol. The fraction of sp³-hybridized carbons (Fsp3) is 0.364. The van der Waals surface area contributed by atoms with Crippen molar-refractivity contribution >= 4 is 40.2 Å². The maximum atomic E-state index is 12.7. The van der Waals surface area contributed by atoms with Gasteiger partial charge in [-0.1, -0.05) is 12.2 Å². The SMILES string of the molecule is C=CC(C)N1C(=O)S/C(=C/c2cc3c(cc2OC)N(C)C(C)(C)C=C3C)C1=O. The molecule has 6 heteroatoms. The number of benzene rings is 1. The van der Waals surface area contributed by atoms with Crippen LogP contribution in [0.1, 0.15) is 38.8 Å². The topological polar surface area (TPSA) is 49.9 Å². The molecule has 1 unspecified atom stereocenters. The van der Waals surface area contributed by atoms with Gasteiger partial charge < -0.3 is 9.64 Å². The van der Waals surface area contributed by atoms with Crippen molar-refractivity contribution < 1.29 is 14.3 Å². The third-order valence-electron chi connectivity index (χ3n) is 5.43. The van der Waals surface area contributed by atoms with Gasteiger partial charge in [-0.25, -0.2) is 0 Å². The van der Waals surface area contributed by atoms with Crippen LogP contribution >= 0.6 is 11.8 Å². The van der Waals surface area contributed by atoms with Crippen molar-refractivity contribution in [3.63, 3.8) is 0 Å². The first-order valence-corrected chi connectivity index (χ1v) is 9.97. The number of carbonyl (C=O) groups excluding carboxylic acids is 2. The maximum absolute atomic E-state index is 12.7. The number of rotatable bonds is 4. The normalized spacial score (nSPS) is 20.9. The molecule has 2 amide bonds. The highest BCUT2D eigenvalue weighted by molar-refractivity contribution is 8.18. The molecule has 0 saturated carbocycles. The number of thioether (sulfide) groups is 1. The Kier molecular flexibility index (Phi) is 5.19. The molecule has 0 bridgehead atoms. The molecule has 28 heavy (non-hydrogen) atoms. The Bertz CT molecular complexity index is 930. The molecule has 2 heterocycles. The molecule has 1 saturated heterocycles. The van der Waals surface area contributed by atoms with Gasteiger partial charge in [0, 0.05) is 29.9 Å². The van der Waals surface area contributed by atoms with E-state index < -0.39 is 0 Å². The van der Waals surface area contributed by atoms with E-state index in [9.17, 15) is 9.59 Å². The van der Waals surface area contributed by atoms with Crippen LogP contribution in [-0.4, -0.2) is 41.8 Å². The lowest BCUT2D eigenvalue weighted by Gasteiger charge is -2.41. The van der Waals surface area contributed by atoms with Crippen LogP contribution in [0.15, 0.2) is 35.8 Å². The highest BCUT2D eigenvalue weighted by Gasteiger charge is 2.37. The van der Waals surface area contributed by atoms with E-state index in [-0.39, 0.29) is 22.7 Å². The van der Waals surface area contributed by atoms with Crippen LogP contribution in [0, 0.1) is 0 Å². The predicted octanol–water partition coefficient (Wildman–Crippen LogP) is 4.94. The van der Waals surface area contributed by atoms with Gasteiger partial charge >= 0.3 is 0 Å². The van der Waals surface area contributed by atoms with E-state index in [0.29, 0.717) is 10.7 Å². The van der Waals surface area contributed by atoms with Crippen LogP contribution in [0.2, 0.25) is 0 Å². The van der Waals surface area contributed by atoms with Gasteiger partial charge in [-0.15, -0.1) is 6.58 Å². The molecule has 0 N–H and O–H groups in total. The molecule has 1 aromatic carbocycles. The summed E-state index contributed by atoms with van der Waals surface area (Å²) in [6.45, 7) is 11.9. The van der Waals surface area contributed by atoms with Crippen molar-refractivity contribution in [2.24, 2.45) is 0 Å². The first-order chi connectivity index (χ1) is 13.1. The molecule has 2 aliphatic rings. The standard InChI is InChI=1S/C22H26N2O3S/c1-8-14(3)24-20(25)19(28-21(24)26)10-15-9-16-13(2)12-22(4,5)23(6)17(16)11-18(15)27-7/h8-12,14H,1H2,2-7H3/b19-10+. The summed E-state index contributed by atoms with van der Waals surface area (Å²) in [5.41, 5.74) is 4.01. The second kappa shape index (κ2) is 7.17. The van der Waals surface area contributed by atoms with Crippen LogP contribution in [0.4, 0.5) is 10.5 Å². The van der Waals surface area contributed by atoms with E-state index in [1.807, 2.05) is 12.1 Å². The lowest BCUT2D eigenvalue weighted by molar-refractivity contribution is -0.123. The summed E-state index contributed by atoms with van der Waals surface area (Å²) in [6, 6.07) is 3.68. The van der Waals surface area contributed by atoms with Crippen LogP contribution in [0.3, 0.4) is 0 Å². The molecule has 3 rings (SSSR count). The van der Waals surface area contributed by atoms with Crippen molar-refractivity contribution in [3.05, 3.63) is 46.9 Å². The van der Waals surface area contributed by atoms with E-state index in [1.165, 1.54) is 10.5 Å². The summed E-state index contributed by atoms with van der Waals surface area (Å²) in [5.74, 6) is 0.368. The number of hydrogen-bond acceptors (Lipinski definition) is 5. The molecule has 1 fully saturated rings. The maximum Gasteiger partial charge on any atom is 0.294 e. The number of hydrogen-bond donors (Lipinski definition) is 0. The highest BCUT2D eigenvalue weighted by atomic mass is 32.2. The first-order valence-electron chi connectivity index (χ1n) is 9.16. The summed E-state index contributed by atoms with van der Waals surface area (Å²) in [6.07, 6.45) is 5.56. The number of anilines is 1. The van der Waals surface area contributed by atoms with Crippen molar-refractivity contribution in [3.8, 4) is 5.75 Å². The average molecular weight is 399 g/mol. The Labute approximate surface area is 170 Å². The summed E-state index contributed by atoms with van der Waals surface area (Å²) < 4.78 is 5.61. The smallest absolute Gasteiger partial charge is 0.294 e. The highest BCUT2D eigenvalue weighted by Crippen LogP contribution is 2.43. The Hall–Kier alpha value is -2.47. The van der Waals surface area contributed by atoms with Gasteiger partial charge in [-0.3, -0.25) is 14.5 Å². The Balaban J connectivity index is 2.08. The zero-order valence-corrected chi connectivity index (χ0v) is 18.0. The quantitative estimate of drug-likeness (QED) is 0.531. The molecule has 0 spiro atoms. The van der Waals surface area contributed by atoms with Gasteiger partial charge in [0.25, 0.3) is 11.1 Å².